The molecule has 0 saturated carbocycles. The standard InChI is InChI=1S/C13H25N3O3.ClH/c1-4-15-11(17)10-16(5-2)12(18)13(19-3)6-8-14-9-7-13;/h14H,4-10H2,1-3H3,(H,15,17);1H. The largest absolute Gasteiger partial charge is 0.368 e. The Bertz CT molecular complexity index is 320. The summed E-state index contributed by atoms with van der Waals surface area (Å²) in [6.45, 7) is 6.44. The molecule has 0 aromatic carbocycles. The molecule has 0 atom stereocenters. The lowest BCUT2D eigenvalue weighted by Crippen LogP contribution is -2.56. The molecule has 1 saturated heterocycles. The van der Waals surface area contributed by atoms with E-state index in [-0.39, 0.29) is 30.8 Å². The maximum Gasteiger partial charge on any atom is 0.255 e. The van der Waals surface area contributed by atoms with Gasteiger partial charge < -0.3 is 20.3 Å². The van der Waals surface area contributed by atoms with E-state index in [1.165, 1.54) is 0 Å². The molecule has 0 aromatic heterocycles. The zero-order chi connectivity index (χ0) is 14.3. The molecule has 0 radical (unpaired) electrons. The van der Waals surface area contributed by atoms with Crippen molar-refractivity contribution in [1.82, 2.24) is 15.5 Å². The molecular weight excluding hydrogens is 282 g/mol. The number of carbonyl (C=O) groups excluding carboxylic acids is 2. The average molecular weight is 308 g/mol. The Morgan fingerprint density at radius 3 is 2.35 bits per heavy atom. The first-order valence-electron chi connectivity index (χ1n) is 6.91. The van der Waals surface area contributed by atoms with Crippen molar-refractivity contribution in [2.75, 3.05) is 39.8 Å². The molecule has 1 heterocycles. The van der Waals surface area contributed by atoms with Gasteiger partial charge in [-0.2, -0.15) is 0 Å². The average Bonchev–Trinajstić information content (AvgIpc) is 2.45. The second kappa shape index (κ2) is 9.15. The zero-order valence-corrected chi connectivity index (χ0v) is 13.3. The third kappa shape index (κ3) is 4.61. The number of carbonyl (C=O) groups is 2. The minimum atomic E-state index is -0.770. The Hall–Kier alpha value is -0.850. The first-order valence-corrected chi connectivity index (χ1v) is 6.91. The summed E-state index contributed by atoms with van der Waals surface area (Å²) in [7, 11) is 1.57. The molecule has 0 aliphatic carbocycles. The van der Waals surface area contributed by atoms with Crippen LogP contribution in [0.4, 0.5) is 0 Å². The molecule has 0 aromatic rings. The van der Waals surface area contributed by atoms with Crippen LogP contribution in [0.2, 0.25) is 0 Å². The lowest BCUT2D eigenvalue weighted by atomic mass is 9.90. The van der Waals surface area contributed by atoms with Gasteiger partial charge in [0.25, 0.3) is 5.91 Å². The molecule has 2 N–H and O–H groups in total. The molecule has 118 valence electrons. The number of nitrogens with zero attached hydrogens (tertiary/aromatic N) is 1. The van der Waals surface area contributed by atoms with Crippen molar-refractivity contribution >= 4 is 24.2 Å². The quantitative estimate of drug-likeness (QED) is 0.733. The van der Waals surface area contributed by atoms with Gasteiger partial charge in [0, 0.05) is 20.2 Å². The topological polar surface area (TPSA) is 70.7 Å². The van der Waals surface area contributed by atoms with E-state index in [0.29, 0.717) is 25.9 Å². The fraction of sp³-hybridized carbons (Fsp3) is 0.846. The SMILES string of the molecule is CCNC(=O)CN(CC)C(=O)C1(OC)CCNCC1.Cl. The lowest BCUT2D eigenvalue weighted by Gasteiger charge is -2.38. The van der Waals surface area contributed by atoms with Crippen LogP contribution < -0.4 is 10.6 Å². The molecule has 0 bridgehead atoms. The number of hydrogen-bond acceptors (Lipinski definition) is 4. The molecule has 2 amide bonds. The van der Waals surface area contributed by atoms with E-state index >= 15 is 0 Å². The lowest BCUT2D eigenvalue weighted by molar-refractivity contribution is -0.159. The number of rotatable bonds is 6. The molecule has 20 heavy (non-hydrogen) atoms. The predicted octanol–water partition coefficient (Wildman–Crippen LogP) is 0.161. The van der Waals surface area contributed by atoms with E-state index in [4.69, 9.17) is 4.74 Å². The first kappa shape index (κ1) is 19.1. The van der Waals surface area contributed by atoms with Gasteiger partial charge in [0.2, 0.25) is 5.91 Å². The van der Waals surface area contributed by atoms with Crippen LogP contribution in [-0.4, -0.2) is 62.1 Å². The van der Waals surface area contributed by atoms with Crippen LogP contribution in [-0.2, 0) is 14.3 Å². The van der Waals surface area contributed by atoms with Crippen molar-refractivity contribution in [3.63, 3.8) is 0 Å². The van der Waals surface area contributed by atoms with Crippen molar-refractivity contribution < 1.29 is 14.3 Å². The Labute approximate surface area is 127 Å². The van der Waals surface area contributed by atoms with Crippen LogP contribution in [0.1, 0.15) is 26.7 Å². The summed E-state index contributed by atoms with van der Waals surface area (Å²) >= 11 is 0. The Morgan fingerprint density at radius 2 is 1.90 bits per heavy atom. The molecular formula is C13H26ClN3O3. The van der Waals surface area contributed by atoms with E-state index in [9.17, 15) is 9.59 Å². The summed E-state index contributed by atoms with van der Waals surface area (Å²) in [4.78, 5) is 25.8. The van der Waals surface area contributed by atoms with Crippen molar-refractivity contribution in [1.29, 1.82) is 0 Å². The van der Waals surface area contributed by atoms with Gasteiger partial charge in [-0.25, -0.2) is 0 Å². The van der Waals surface area contributed by atoms with Gasteiger partial charge in [0.05, 0.1) is 6.54 Å². The Balaban J connectivity index is 0.00000361. The van der Waals surface area contributed by atoms with Crippen LogP contribution in [0.5, 0.6) is 0 Å². The number of hydrogen-bond donors (Lipinski definition) is 2. The summed E-state index contributed by atoms with van der Waals surface area (Å²) in [6, 6.07) is 0. The number of amides is 2. The van der Waals surface area contributed by atoms with E-state index in [0.717, 1.165) is 13.1 Å². The van der Waals surface area contributed by atoms with Crippen LogP contribution >= 0.6 is 12.4 Å². The van der Waals surface area contributed by atoms with E-state index in [1.54, 1.807) is 12.0 Å². The van der Waals surface area contributed by atoms with Gasteiger partial charge in [0.1, 0.15) is 5.60 Å². The Morgan fingerprint density at radius 1 is 1.30 bits per heavy atom. The fourth-order valence-electron chi connectivity index (χ4n) is 2.38. The second-order valence-corrected chi connectivity index (χ2v) is 4.72. The maximum absolute atomic E-state index is 12.6. The summed E-state index contributed by atoms with van der Waals surface area (Å²) in [5, 5.41) is 5.93. The van der Waals surface area contributed by atoms with Crippen LogP contribution in [0.3, 0.4) is 0 Å². The van der Waals surface area contributed by atoms with E-state index < -0.39 is 5.60 Å². The number of halogens is 1. The van der Waals surface area contributed by atoms with E-state index in [2.05, 4.69) is 10.6 Å². The van der Waals surface area contributed by atoms with Crippen LogP contribution in [0.25, 0.3) is 0 Å². The zero-order valence-electron chi connectivity index (χ0n) is 12.5. The molecule has 0 spiro atoms. The number of likely N-dealkylation sites (N-methyl/N-ethyl adjacent to an activating group) is 2. The molecule has 1 fully saturated rings. The van der Waals surface area contributed by atoms with Crippen LogP contribution in [0.15, 0.2) is 0 Å². The number of piperidine rings is 1. The highest BCUT2D eigenvalue weighted by molar-refractivity contribution is 5.89. The van der Waals surface area contributed by atoms with Crippen molar-refractivity contribution in [3.8, 4) is 0 Å². The molecule has 7 heteroatoms. The van der Waals surface area contributed by atoms with Gasteiger partial charge in [-0.15, -0.1) is 12.4 Å². The van der Waals surface area contributed by atoms with Crippen molar-refractivity contribution in [2.24, 2.45) is 0 Å². The molecule has 1 aliphatic rings. The normalized spacial score (nSPS) is 16.9. The van der Waals surface area contributed by atoms with Gasteiger partial charge in [-0.1, -0.05) is 0 Å². The molecule has 0 unspecified atom stereocenters. The number of ether oxygens (including phenoxy) is 1. The summed E-state index contributed by atoms with van der Waals surface area (Å²) < 4.78 is 5.50. The van der Waals surface area contributed by atoms with Gasteiger partial charge in [0.15, 0.2) is 0 Å². The molecule has 1 aliphatic heterocycles. The Kier molecular flexibility index (Phi) is 8.76. The summed E-state index contributed by atoms with van der Waals surface area (Å²) in [5.41, 5.74) is -0.770. The van der Waals surface area contributed by atoms with Crippen molar-refractivity contribution in [3.05, 3.63) is 0 Å². The highest BCUT2D eigenvalue weighted by Gasteiger charge is 2.42. The van der Waals surface area contributed by atoms with Crippen molar-refractivity contribution in [2.45, 2.75) is 32.3 Å². The molecule has 6 nitrogen and oxygen atoms in total. The summed E-state index contributed by atoms with van der Waals surface area (Å²) in [5.74, 6) is -0.205. The van der Waals surface area contributed by atoms with Gasteiger partial charge in [-0.05, 0) is 39.8 Å². The van der Waals surface area contributed by atoms with Gasteiger partial charge >= 0.3 is 0 Å². The maximum atomic E-state index is 12.6. The van der Waals surface area contributed by atoms with Crippen LogP contribution in [0, 0.1) is 0 Å². The minimum absolute atomic E-state index is 0. The highest BCUT2D eigenvalue weighted by atomic mass is 35.5. The second-order valence-electron chi connectivity index (χ2n) is 4.72. The number of nitrogens with one attached hydrogen (secondary N) is 2. The molecule has 1 rings (SSSR count). The predicted molar refractivity (Wildman–Crippen MR) is 80.0 cm³/mol. The van der Waals surface area contributed by atoms with Gasteiger partial charge in [-0.3, -0.25) is 9.59 Å². The number of methoxy groups -OCH3 is 1. The third-order valence-corrected chi connectivity index (χ3v) is 3.57. The van der Waals surface area contributed by atoms with E-state index in [1.807, 2.05) is 13.8 Å². The fourth-order valence-corrected chi connectivity index (χ4v) is 2.38. The highest BCUT2D eigenvalue weighted by Crippen LogP contribution is 2.25. The first-order chi connectivity index (χ1) is 9.09. The minimum Gasteiger partial charge on any atom is -0.368 e. The smallest absolute Gasteiger partial charge is 0.255 e. The monoisotopic (exact) mass is 307 g/mol. The third-order valence-electron chi connectivity index (χ3n) is 3.57. The summed E-state index contributed by atoms with van der Waals surface area (Å²) in [6.07, 6.45) is 1.29.